The Balaban J connectivity index is 2.41. The molecular formula is C11H7Cl2N3O2S2. The van der Waals surface area contributed by atoms with E-state index in [0.717, 1.165) is 11.3 Å². The van der Waals surface area contributed by atoms with Crippen LogP contribution in [0.3, 0.4) is 0 Å². The maximum absolute atomic E-state index is 12.2. The Labute approximate surface area is 133 Å². The number of halogens is 2. The fourth-order valence-electron chi connectivity index (χ4n) is 1.50. The lowest BCUT2D eigenvalue weighted by Gasteiger charge is -2.27. The second kappa shape index (κ2) is 6.01. The number of nitrogens with zero attached hydrogens (tertiary/aromatic N) is 2. The Kier molecular flexibility index (Phi) is 4.54. The standard InChI is InChI=1S/C11H7Cl2N3O2S2/c1-2-3-16-9(18)5(8(17)15-11(16)19)4-6-7(12)14-10(13)20-6/h2,4H,1,3H2,(H,15,17,19)/b5-4+. The van der Waals surface area contributed by atoms with E-state index in [1.807, 2.05) is 0 Å². The van der Waals surface area contributed by atoms with Crippen LogP contribution in [0.15, 0.2) is 18.2 Å². The van der Waals surface area contributed by atoms with E-state index in [2.05, 4.69) is 16.9 Å². The van der Waals surface area contributed by atoms with Gasteiger partial charge in [0.15, 0.2) is 9.58 Å². The average molecular weight is 348 g/mol. The van der Waals surface area contributed by atoms with Crippen LogP contribution in [-0.2, 0) is 9.59 Å². The molecule has 0 spiro atoms. The van der Waals surface area contributed by atoms with Gasteiger partial charge in [0, 0.05) is 6.54 Å². The monoisotopic (exact) mass is 347 g/mol. The van der Waals surface area contributed by atoms with Gasteiger partial charge in [0.1, 0.15) is 10.7 Å². The molecule has 1 fully saturated rings. The number of hydrogen-bond donors (Lipinski definition) is 1. The quantitative estimate of drug-likeness (QED) is 0.394. The largest absolute Gasteiger partial charge is 0.298 e. The normalized spacial score (nSPS) is 17.6. The summed E-state index contributed by atoms with van der Waals surface area (Å²) in [5, 5.41) is 2.61. The van der Waals surface area contributed by atoms with E-state index >= 15 is 0 Å². The van der Waals surface area contributed by atoms with Gasteiger partial charge in [0.05, 0.1) is 4.88 Å². The highest BCUT2D eigenvalue weighted by Crippen LogP contribution is 2.29. The van der Waals surface area contributed by atoms with E-state index in [4.69, 9.17) is 35.4 Å². The molecule has 5 nitrogen and oxygen atoms in total. The van der Waals surface area contributed by atoms with Crippen LogP contribution in [0.4, 0.5) is 0 Å². The molecule has 0 bridgehead atoms. The van der Waals surface area contributed by atoms with Gasteiger partial charge < -0.3 is 0 Å². The lowest BCUT2D eigenvalue weighted by Crippen LogP contribution is -2.53. The number of carbonyl (C=O) groups excluding carboxylic acids is 2. The number of thiazole rings is 1. The van der Waals surface area contributed by atoms with Crippen molar-refractivity contribution in [2.45, 2.75) is 0 Å². The molecule has 2 heterocycles. The molecule has 0 unspecified atom stereocenters. The van der Waals surface area contributed by atoms with Crippen LogP contribution < -0.4 is 5.32 Å². The molecule has 1 N–H and O–H groups in total. The molecule has 20 heavy (non-hydrogen) atoms. The van der Waals surface area contributed by atoms with Gasteiger partial charge in [0.2, 0.25) is 0 Å². The molecule has 1 aromatic rings. The molecular weight excluding hydrogens is 341 g/mol. The number of aromatic nitrogens is 1. The van der Waals surface area contributed by atoms with Crippen molar-refractivity contribution in [1.29, 1.82) is 0 Å². The summed E-state index contributed by atoms with van der Waals surface area (Å²) in [5.41, 5.74) is -0.0809. The molecule has 0 aliphatic carbocycles. The van der Waals surface area contributed by atoms with E-state index in [1.165, 1.54) is 17.1 Å². The summed E-state index contributed by atoms with van der Waals surface area (Å²) < 4.78 is 0.226. The zero-order valence-corrected chi connectivity index (χ0v) is 13.0. The van der Waals surface area contributed by atoms with E-state index in [-0.39, 0.29) is 26.9 Å². The Morgan fingerprint density at radius 3 is 2.70 bits per heavy atom. The van der Waals surface area contributed by atoms with E-state index in [0.29, 0.717) is 4.88 Å². The number of rotatable bonds is 3. The summed E-state index contributed by atoms with van der Waals surface area (Å²) >= 11 is 17.6. The van der Waals surface area contributed by atoms with Gasteiger partial charge in [-0.2, -0.15) is 0 Å². The lowest BCUT2D eigenvalue weighted by molar-refractivity contribution is -0.128. The van der Waals surface area contributed by atoms with E-state index in [1.54, 1.807) is 0 Å². The summed E-state index contributed by atoms with van der Waals surface area (Å²) in [5.74, 6) is -1.10. The maximum atomic E-state index is 12.2. The molecule has 1 aromatic heterocycles. The highest BCUT2D eigenvalue weighted by Gasteiger charge is 2.32. The third-order valence-electron chi connectivity index (χ3n) is 2.36. The third kappa shape index (κ3) is 2.90. The average Bonchev–Trinajstić information content (AvgIpc) is 2.68. The fraction of sp³-hybridized carbons (Fsp3) is 0.0909. The van der Waals surface area contributed by atoms with Crippen molar-refractivity contribution in [3.63, 3.8) is 0 Å². The number of nitrogens with one attached hydrogen (secondary N) is 1. The Morgan fingerprint density at radius 1 is 1.45 bits per heavy atom. The highest BCUT2D eigenvalue weighted by atomic mass is 35.5. The van der Waals surface area contributed by atoms with Crippen molar-refractivity contribution in [1.82, 2.24) is 15.2 Å². The van der Waals surface area contributed by atoms with Crippen molar-refractivity contribution in [2.75, 3.05) is 6.54 Å². The van der Waals surface area contributed by atoms with Crippen LogP contribution in [0.25, 0.3) is 6.08 Å². The number of hydrogen-bond acceptors (Lipinski definition) is 5. The highest BCUT2D eigenvalue weighted by molar-refractivity contribution is 7.80. The van der Waals surface area contributed by atoms with Gasteiger partial charge >= 0.3 is 0 Å². The SMILES string of the molecule is C=CCN1C(=O)/C(=C/c2sc(Cl)nc2Cl)C(=O)NC1=S. The van der Waals surface area contributed by atoms with E-state index < -0.39 is 11.8 Å². The Bertz CT molecular complexity index is 654. The molecule has 0 aromatic carbocycles. The summed E-state index contributed by atoms with van der Waals surface area (Å²) in [6.45, 7) is 3.74. The second-order valence-electron chi connectivity index (χ2n) is 3.64. The summed E-state index contributed by atoms with van der Waals surface area (Å²) in [6, 6.07) is 0. The van der Waals surface area contributed by atoms with Crippen LogP contribution in [0.5, 0.6) is 0 Å². The smallest absolute Gasteiger partial charge is 0.265 e. The van der Waals surface area contributed by atoms with Crippen molar-refractivity contribution in [3.05, 3.63) is 32.7 Å². The molecule has 1 saturated heterocycles. The first-order valence-electron chi connectivity index (χ1n) is 5.25. The van der Waals surface area contributed by atoms with Gasteiger partial charge in [0.25, 0.3) is 11.8 Å². The molecule has 1 aliphatic heterocycles. The van der Waals surface area contributed by atoms with Crippen molar-refractivity contribution < 1.29 is 9.59 Å². The van der Waals surface area contributed by atoms with Crippen LogP contribution >= 0.6 is 46.8 Å². The zero-order valence-electron chi connectivity index (χ0n) is 9.85. The maximum Gasteiger partial charge on any atom is 0.265 e. The predicted octanol–water partition coefficient (Wildman–Crippen LogP) is 2.26. The van der Waals surface area contributed by atoms with Gasteiger partial charge in [-0.05, 0) is 18.3 Å². The number of carbonyl (C=O) groups is 2. The molecule has 0 radical (unpaired) electrons. The minimum absolute atomic E-state index is 0.0467. The molecule has 1 aliphatic rings. The second-order valence-corrected chi connectivity index (χ2v) is 6.00. The topological polar surface area (TPSA) is 62.3 Å². The van der Waals surface area contributed by atoms with Gasteiger partial charge in [-0.1, -0.05) is 29.3 Å². The molecule has 104 valence electrons. The third-order valence-corrected chi connectivity index (χ3v) is 4.19. The first kappa shape index (κ1) is 15.1. The fourth-order valence-corrected chi connectivity index (χ4v) is 3.05. The predicted molar refractivity (Wildman–Crippen MR) is 82.8 cm³/mol. The van der Waals surface area contributed by atoms with Crippen LogP contribution in [0.2, 0.25) is 9.62 Å². The minimum atomic E-state index is -0.582. The zero-order chi connectivity index (χ0) is 14.9. The number of thiocarbonyl (C=S) groups is 1. The van der Waals surface area contributed by atoms with Gasteiger partial charge in [-0.15, -0.1) is 17.9 Å². The molecule has 0 atom stereocenters. The molecule has 9 heteroatoms. The van der Waals surface area contributed by atoms with Crippen molar-refractivity contribution in [2.24, 2.45) is 0 Å². The summed E-state index contributed by atoms with van der Waals surface area (Å²) in [4.78, 5) is 29.5. The van der Waals surface area contributed by atoms with Crippen LogP contribution in [0.1, 0.15) is 4.88 Å². The van der Waals surface area contributed by atoms with Crippen molar-refractivity contribution >= 4 is 69.8 Å². The van der Waals surface area contributed by atoms with Crippen LogP contribution in [-0.4, -0.2) is 33.4 Å². The van der Waals surface area contributed by atoms with Crippen molar-refractivity contribution in [3.8, 4) is 0 Å². The van der Waals surface area contributed by atoms with E-state index in [9.17, 15) is 9.59 Å². The molecule has 0 saturated carbocycles. The molecule has 2 rings (SSSR count). The first-order chi connectivity index (χ1) is 9.43. The number of amides is 2. The molecule has 2 amide bonds. The van der Waals surface area contributed by atoms with Gasteiger partial charge in [-0.3, -0.25) is 19.8 Å². The minimum Gasteiger partial charge on any atom is -0.298 e. The van der Waals surface area contributed by atoms with Crippen LogP contribution in [0, 0.1) is 0 Å². The Morgan fingerprint density at radius 2 is 2.15 bits per heavy atom. The lowest BCUT2D eigenvalue weighted by atomic mass is 10.1. The summed E-state index contributed by atoms with van der Waals surface area (Å²) in [6.07, 6.45) is 2.86. The first-order valence-corrected chi connectivity index (χ1v) is 7.23. The summed E-state index contributed by atoms with van der Waals surface area (Å²) in [7, 11) is 0. The van der Waals surface area contributed by atoms with Gasteiger partial charge in [-0.25, -0.2) is 4.98 Å². The Hall–Kier alpha value is -1.28.